The lowest BCUT2D eigenvalue weighted by atomic mass is 10.0. The second kappa shape index (κ2) is 9.67. The van der Waals surface area contributed by atoms with Gasteiger partial charge >= 0.3 is 0 Å². The van der Waals surface area contributed by atoms with Crippen molar-refractivity contribution in [3.8, 4) is 0 Å². The molecule has 2 rings (SSSR count). The number of piperidine rings is 1. The maximum Gasteiger partial charge on any atom is 0.232 e. The van der Waals surface area contributed by atoms with Crippen molar-refractivity contribution in [2.75, 3.05) is 29.9 Å². The summed E-state index contributed by atoms with van der Waals surface area (Å²) in [7, 11) is 0. The van der Waals surface area contributed by atoms with Crippen molar-refractivity contribution < 1.29 is 9.90 Å². The first-order valence-corrected chi connectivity index (χ1v) is 10.2. The van der Waals surface area contributed by atoms with Crippen molar-refractivity contribution in [1.29, 1.82) is 5.41 Å². The van der Waals surface area contributed by atoms with Crippen LogP contribution in [0.5, 0.6) is 0 Å². The SMILES string of the molecule is CC(=N)/C(CSCC(=O)N1CCC(Nc2ccccc2C)CC1)=C(/C)O. The number of anilines is 1. The minimum absolute atomic E-state index is 0.141. The molecule has 0 radical (unpaired) electrons. The molecule has 0 spiro atoms. The molecular formula is C20H29N3O2S. The Bertz CT molecular complexity index is 675. The van der Waals surface area contributed by atoms with Gasteiger partial charge in [-0.1, -0.05) is 18.2 Å². The molecule has 0 saturated carbocycles. The Morgan fingerprint density at radius 2 is 1.92 bits per heavy atom. The summed E-state index contributed by atoms with van der Waals surface area (Å²) in [6, 6.07) is 8.68. The van der Waals surface area contributed by atoms with Crippen molar-refractivity contribution in [3.05, 3.63) is 41.2 Å². The van der Waals surface area contributed by atoms with E-state index in [1.165, 1.54) is 23.0 Å². The number of likely N-dealkylation sites (tertiary alicyclic amines) is 1. The summed E-state index contributed by atoms with van der Waals surface area (Å²) in [5, 5.41) is 20.8. The minimum Gasteiger partial charge on any atom is -0.512 e. The van der Waals surface area contributed by atoms with Crippen LogP contribution in [-0.4, -0.2) is 52.3 Å². The Morgan fingerprint density at radius 1 is 1.27 bits per heavy atom. The van der Waals surface area contributed by atoms with Crippen LogP contribution in [0.2, 0.25) is 0 Å². The lowest BCUT2D eigenvalue weighted by molar-refractivity contribution is -0.129. The number of rotatable bonds is 7. The van der Waals surface area contributed by atoms with Gasteiger partial charge in [0.2, 0.25) is 5.91 Å². The minimum atomic E-state index is 0.141. The van der Waals surface area contributed by atoms with E-state index < -0.39 is 0 Å². The van der Waals surface area contributed by atoms with E-state index in [-0.39, 0.29) is 11.7 Å². The van der Waals surface area contributed by atoms with Crippen LogP contribution in [0, 0.1) is 12.3 Å². The monoisotopic (exact) mass is 375 g/mol. The Balaban J connectivity index is 1.75. The van der Waals surface area contributed by atoms with Crippen molar-refractivity contribution >= 4 is 29.1 Å². The average Bonchev–Trinajstić information content (AvgIpc) is 2.60. The van der Waals surface area contributed by atoms with E-state index in [9.17, 15) is 9.90 Å². The number of allylic oxidation sites excluding steroid dienone is 1. The zero-order valence-corrected chi connectivity index (χ0v) is 16.7. The second-order valence-corrected chi connectivity index (χ2v) is 7.78. The number of para-hydroxylation sites is 1. The number of nitrogens with zero attached hydrogens (tertiary/aromatic N) is 1. The third-order valence-electron chi connectivity index (χ3n) is 4.71. The fourth-order valence-electron chi connectivity index (χ4n) is 3.04. The van der Waals surface area contributed by atoms with Gasteiger partial charge in [0.15, 0.2) is 0 Å². The highest BCUT2D eigenvalue weighted by Crippen LogP contribution is 2.20. The summed E-state index contributed by atoms with van der Waals surface area (Å²) in [4.78, 5) is 14.3. The molecule has 0 unspecified atom stereocenters. The first-order chi connectivity index (χ1) is 12.4. The van der Waals surface area contributed by atoms with Crippen LogP contribution in [0.4, 0.5) is 5.69 Å². The predicted molar refractivity (Wildman–Crippen MR) is 110 cm³/mol. The number of nitrogens with one attached hydrogen (secondary N) is 2. The third kappa shape index (κ3) is 5.80. The molecule has 26 heavy (non-hydrogen) atoms. The van der Waals surface area contributed by atoms with E-state index in [0.717, 1.165) is 25.9 Å². The summed E-state index contributed by atoms with van der Waals surface area (Å²) in [6.45, 7) is 6.89. The molecule has 3 N–H and O–H groups in total. The number of benzene rings is 1. The van der Waals surface area contributed by atoms with E-state index in [1.54, 1.807) is 13.8 Å². The van der Waals surface area contributed by atoms with Crippen molar-refractivity contribution in [1.82, 2.24) is 4.90 Å². The summed E-state index contributed by atoms with van der Waals surface area (Å²) in [5.74, 6) is 1.19. The fraction of sp³-hybridized carbons (Fsp3) is 0.500. The molecule has 142 valence electrons. The normalized spacial score (nSPS) is 16.2. The molecule has 1 saturated heterocycles. The van der Waals surface area contributed by atoms with Crippen LogP contribution >= 0.6 is 11.8 Å². The van der Waals surface area contributed by atoms with Gasteiger partial charge in [-0.05, 0) is 45.2 Å². The van der Waals surface area contributed by atoms with Crippen LogP contribution in [0.15, 0.2) is 35.6 Å². The van der Waals surface area contributed by atoms with Crippen LogP contribution in [0.25, 0.3) is 0 Å². The van der Waals surface area contributed by atoms with Crippen molar-refractivity contribution in [2.45, 2.75) is 39.7 Å². The second-order valence-electron chi connectivity index (χ2n) is 6.80. The van der Waals surface area contributed by atoms with Gasteiger partial charge in [0, 0.05) is 41.9 Å². The maximum absolute atomic E-state index is 12.4. The number of carbonyl (C=O) groups excluding carboxylic acids is 1. The number of amides is 1. The van der Waals surface area contributed by atoms with Crippen LogP contribution in [0.3, 0.4) is 0 Å². The standard InChI is InChI=1S/C20H29N3O2S/c1-14-6-4-5-7-19(14)22-17-8-10-23(11-9-17)20(25)13-26-12-18(15(2)21)16(3)24/h4-7,17,21-22,24H,8-13H2,1-3H3/b18-16-,21-15?. The fourth-order valence-corrected chi connectivity index (χ4v) is 4.13. The number of hydrogen-bond acceptors (Lipinski definition) is 5. The highest BCUT2D eigenvalue weighted by Gasteiger charge is 2.23. The van der Waals surface area contributed by atoms with Crippen molar-refractivity contribution in [3.63, 3.8) is 0 Å². The number of carbonyl (C=O) groups is 1. The molecule has 0 atom stereocenters. The largest absolute Gasteiger partial charge is 0.512 e. The van der Waals surface area contributed by atoms with E-state index in [1.807, 2.05) is 17.0 Å². The number of hydrogen-bond donors (Lipinski definition) is 3. The van der Waals surface area contributed by atoms with Gasteiger partial charge in [-0.25, -0.2) is 0 Å². The van der Waals surface area contributed by atoms with E-state index >= 15 is 0 Å². The van der Waals surface area contributed by atoms with Gasteiger partial charge in [0.1, 0.15) is 0 Å². The molecule has 0 aliphatic carbocycles. The molecule has 6 heteroatoms. The molecule has 1 heterocycles. The molecule has 1 aromatic carbocycles. The molecule has 1 aliphatic rings. The van der Waals surface area contributed by atoms with Gasteiger partial charge in [0.25, 0.3) is 0 Å². The summed E-state index contributed by atoms with van der Waals surface area (Å²) in [5.41, 5.74) is 3.39. The quantitative estimate of drug-likeness (QED) is 0.497. The van der Waals surface area contributed by atoms with Gasteiger partial charge < -0.3 is 20.7 Å². The lowest BCUT2D eigenvalue weighted by Crippen LogP contribution is -2.43. The smallest absolute Gasteiger partial charge is 0.232 e. The van der Waals surface area contributed by atoms with Crippen LogP contribution in [0.1, 0.15) is 32.3 Å². The van der Waals surface area contributed by atoms with Gasteiger partial charge in [-0.15, -0.1) is 11.8 Å². The molecule has 0 aromatic heterocycles. The summed E-state index contributed by atoms with van der Waals surface area (Å²) >= 11 is 1.46. The van der Waals surface area contributed by atoms with Gasteiger partial charge in [-0.2, -0.15) is 0 Å². The molecule has 1 fully saturated rings. The summed E-state index contributed by atoms with van der Waals surface area (Å²) in [6.07, 6.45) is 1.90. The first kappa shape index (κ1) is 20.4. The molecule has 1 aliphatic heterocycles. The highest BCUT2D eigenvalue weighted by molar-refractivity contribution is 8.00. The van der Waals surface area contributed by atoms with Crippen LogP contribution < -0.4 is 5.32 Å². The number of aliphatic hydroxyl groups excluding tert-OH is 1. The molecular weight excluding hydrogens is 346 g/mol. The lowest BCUT2D eigenvalue weighted by Gasteiger charge is -2.33. The summed E-state index contributed by atoms with van der Waals surface area (Å²) < 4.78 is 0. The first-order valence-electron chi connectivity index (χ1n) is 9.00. The average molecular weight is 376 g/mol. The number of thioether (sulfide) groups is 1. The zero-order valence-electron chi connectivity index (χ0n) is 15.8. The van der Waals surface area contributed by atoms with Crippen LogP contribution in [-0.2, 0) is 4.79 Å². The molecule has 0 bridgehead atoms. The van der Waals surface area contributed by atoms with E-state index in [4.69, 9.17) is 5.41 Å². The molecule has 1 amide bonds. The predicted octanol–water partition coefficient (Wildman–Crippen LogP) is 4.00. The Hall–Kier alpha value is -1.95. The number of aliphatic hydroxyl groups is 1. The third-order valence-corrected chi connectivity index (χ3v) is 5.66. The molecule has 5 nitrogen and oxygen atoms in total. The Morgan fingerprint density at radius 3 is 2.50 bits per heavy atom. The van der Waals surface area contributed by atoms with Gasteiger partial charge in [0.05, 0.1) is 11.5 Å². The zero-order chi connectivity index (χ0) is 19.1. The van der Waals surface area contributed by atoms with E-state index in [0.29, 0.717) is 28.8 Å². The molecule has 1 aromatic rings. The highest BCUT2D eigenvalue weighted by atomic mass is 32.2. The number of aryl methyl sites for hydroxylation is 1. The topological polar surface area (TPSA) is 76.4 Å². The Kier molecular flexibility index (Phi) is 7.57. The Labute approximate surface area is 160 Å². The van der Waals surface area contributed by atoms with Crippen molar-refractivity contribution in [2.24, 2.45) is 0 Å². The van der Waals surface area contributed by atoms with E-state index in [2.05, 4.69) is 24.4 Å². The maximum atomic E-state index is 12.4. The van der Waals surface area contributed by atoms with Gasteiger partial charge in [-0.3, -0.25) is 4.79 Å².